The largest absolute Gasteiger partial charge is 0.490 e. The van der Waals surface area contributed by atoms with E-state index in [4.69, 9.17) is 9.84 Å². The molecule has 3 aliphatic heterocycles. The third kappa shape index (κ3) is 10.3. The number of piperazine rings is 1. The van der Waals surface area contributed by atoms with Gasteiger partial charge in [0.2, 0.25) is 11.8 Å². The number of rotatable bonds is 13. The zero-order valence-electron chi connectivity index (χ0n) is 41.4. The number of hydrogen-bond donors (Lipinski definition) is 3. The van der Waals surface area contributed by atoms with E-state index in [1.54, 1.807) is 12.1 Å². The van der Waals surface area contributed by atoms with Crippen LogP contribution in [0, 0.1) is 5.92 Å². The van der Waals surface area contributed by atoms with Gasteiger partial charge in [-0.2, -0.15) is 18.3 Å². The molecular formula is C56H56F3N9O6S. The predicted molar refractivity (Wildman–Crippen MR) is 281 cm³/mol. The first-order valence-electron chi connectivity index (χ1n) is 25.7. The molecule has 3 aromatic heterocycles. The minimum Gasteiger partial charge on any atom is -0.490 e. The van der Waals surface area contributed by atoms with E-state index >= 15 is 13.2 Å². The molecule has 15 nitrogen and oxygen atoms in total. The number of aromatic carboxylic acids is 1. The fraction of sp³-hybridized carbons (Fsp3) is 0.375. The molecule has 1 unspecified atom stereocenters. The number of pyridine rings is 1. The number of benzene rings is 4. The fourth-order valence-corrected chi connectivity index (χ4v) is 12.4. The van der Waals surface area contributed by atoms with Crippen LogP contribution < -0.4 is 25.2 Å². The van der Waals surface area contributed by atoms with Gasteiger partial charge in [0.05, 0.1) is 39.1 Å². The molecule has 0 spiro atoms. The molecule has 1 atom stereocenters. The summed E-state index contributed by atoms with van der Waals surface area (Å²) in [5, 5.41) is 22.0. The van der Waals surface area contributed by atoms with Crippen molar-refractivity contribution < 1.29 is 42.2 Å². The number of nitrogens with one attached hydrogen (secondary N) is 2. The molecule has 1 saturated carbocycles. The maximum Gasteiger partial charge on any atom is 0.420 e. The Morgan fingerprint density at radius 2 is 1.63 bits per heavy atom. The molecule has 388 valence electrons. The van der Waals surface area contributed by atoms with Gasteiger partial charge in [-0.05, 0) is 117 Å². The number of aryl methyl sites for hydroxylation is 1. The summed E-state index contributed by atoms with van der Waals surface area (Å²) in [6, 6.07) is 26.2. The maximum atomic E-state index is 15.2. The Kier molecular flexibility index (Phi) is 13.8. The van der Waals surface area contributed by atoms with Crippen LogP contribution in [0.3, 0.4) is 0 Å². The van der Waals surface area contributed by atoms with E-state index in [1.807, 2.05) is 65.2 Å². The van der Waals surface area contributed by atoms with Crippen LogP contribution in [0.15, 0.2) is 91.0 Å². The van der Waals surface area contributed by atoms with Crippen molar-refractivity contribution in [3.8, 4) is 16.9 Å². The van der Waals surface area contributed by atoms with E-state index in [0.29, 0.717) is 61.0 Å². The number of carboxylic acids is 1. The summed E-state index contributed by atoms with van der Waals surface area (Å²) in [5.74, 6) is -2.45. The van der Waals surface area contributed by atoms with Gasteiger partial charge < -0.3 is 19.6 Å². The molecular weight excluding hydrogens is 984 g/mol. The number of ether oxygens (including phenoxy) is 1. The number of para-hydroxylation sites is 2. The van der Waals surface area contributed by atoms with Crippen molar-refractivity contribution in [1.29, 1.82) is 0 Å². The van der Waals surface area contributed by atoms with Crippen molar-refractivity contribution in [1.82, 2.24) is 30.0 Å². The normalized spacial score (nSPS) is 19.5. The lowest BCUT2D eigenvalue weighted by atomic mass is 9.84. The highest BCUT2D eigenvalue weighted by molar-refractivity contribution is 7.22. The Morgan fingerprint density at radius 1 is 0.840 bits per heavy atom. The number of fused-ring (bicyclic) bond motifs is 3. The van der Waals surface area contributed by atoms with Gasteiger partial charge in [0.15, 0.2) is 10.8 Å². The number of carboxylic acid groups (broad SMARTS) is 1. The van der Waals surface area contributed by atoms with Crippen molar-refractivity contribution in [2.75, 3.05) is 54.4 Å². The van der Waals surface area contributed by atoms with Crippen molar-refractivity contribution in [3.63, 3.8) is 0 Å². The number of carbonyl (C=O) groups is 4. The number of aromatic nitrogens is 4. The topological polar surface area (TPSA) is 175 Å². The van der Waals surface area contributed by atoms with Gasteiger partial charge in [0.1, 0.15) is 17.1 Å². The molecule has 19 heteroatoms. The number of amides is 3. The summed E-state index contributed by atoms with van der Waals surface area (Å²) < 4.78 is 54.6. The van der Waals surface area contributed by atoms with Crippen molar-refractivity contribution in [3.05, 3.63) is 125 Å². The molecule has 0 radical (unpaired) electrons. The predicted octanol–water partition coefficient (Wildman–Crippen LogP) is 9.84. The summed E-state index contributed by atoms with van der Waals surface area (Å²) in [4.78, 5) is 66.7. The molecule has 75 heavy (non-hydrogen) atoms. The zero-order valence-corrected chi connectivity index (χ0v) is 42.2. The van der Waals surface area contributed by atoms with E-state index < -0.39 is 35.4 Å². The minimum absolute atomic E-state index is 0.172. The molecule has 4 aliphatic rings. The number of carbonyl (C=O) groups excluding carboxylic acids is 3. The highest BCUT2D eigenvalue weighted by Gasteiger charge is 2.40. The number of piperidine rings is 1. The number of alkyl halides is 3. The van der Waals surface area contributed by atoms with Crippen LogP contribution in [0.5, 0.6) is 5.75 Å². The van der Waals surface area contributed by atoms with E-state index in [0.717, 1.165) is 96.3 Å². The minimum atomic E-state index is -4.87. The quantitative estimate of drug-likeness (QED) is 0.0935. The average Bonchev–Trinajstić information content (AvgIpc) is 3.98. The standard InChI is InChI=1S/C56H56F3N9O6S/c1-65-51-39(49(64-65)40-22-24-47(69)62-53(40)71)12-5-14-43(51)67-30-28-66(29-31-67)26-7-8-33-17-19-35(20-18-33)74-44-15-6-10-36(48(44)56(57,58)59)37-21-23-46(61-50(37)54(72)73)68-27-25-34-9-4-11-38(41(34)32-68)52(70)63-55-60-42-13-2-3-16-45(42)75-55/h2-6,9-16,21,23,33,35,40H,7-8,17-20,22,24-32H2,1H3,(H,72,73)(H,60,63,70)(H,62,69,71). The SMILES string of the molecule is Cn1nc(C2CCC(=O)NC2=O)c2cccc(N3CCN(CCCC4CCC(Oc5cccc(-c6ccc(N7CCc8cccc(C(=O)Nc9nc%10ccccc%10s9)c8C7)nc6C(=O)O)c5C(F)(F)F)CC4)CC3)c21. The lowest BCUT2D eigenvalue weighted by Gasteiger charge is -2.37. The molecule has 6 heterocycles. The second-order valence-corrected chi connectivity index (χ2v) is 21.1. The first-order valence-corrected chi connectivity index (χ1v) is 26.5. The van der Waals surface area contributed by atoms with Crippen LogP contribution >= 0.6 is 11.3 Å². The highest BCUT2D eigenvalue weighted by Crippen LogP contribution is 2.45. The van der Waals surface area contributed by atoms with Gasteiger partial charge in [-0.25, -0.2) is 14.8 Å². The third-order valence-electron chi connectivity index (χ3n) is 15.4. The summed E-state index contributed by atoms with van der Waals surface area (Å²) in [7, 11) is 1.90. The highest BCUT2D eigenvalue weighted by atomic mass is 32.1. The molecule has 11 rings (SSSR count). The maximum absolute atomic E-state index is 15.2. The van der Waals surface area contributed by atoms with Gasteiger partial charge in [-0.15, -0.1) is 0 Å². The van der Waals surface area contributed by atoms with Gasteiger partial charge in [0, 0.05) is 74.8 Å². The van der Waals surface area contributed by atoms with E-state index in [9.17, 15) is 24.3 Å². The summed E-state index contributed by atoms with van der Waals surface area (Å²) in [6.45, 7) is 5.10. The molecule has 3 amide bonds. The smallest absolute Gasteiger partial charge is 0.420 e. The second-order valence-electron chi connectivity index (χ2n) is 20.0. The van der Waals surface area contributed by atoms with Crippen LogP contribution in [0.1, 0.15) is 101 Å². The summed E-state index contributed by atoms with van der Waals surface area (Å²) in [6.07, 6.45) is 0.886. The van der Waals surface area contributed by atoms with Crippen molar-refractivity contribution in [2.24, 2.45) is 13.0 Å². The number of hydrogen-bond acceptors (Lipinski definition) is 12. The molecule has 2 saturated heterocycles. The molecule has 1 aliphatic carbocycles. The number of nitrogens with zero attached hydrogens (tertiary/aromatic N) is 7. The van der Waals surface area contributed by atoms with Crippen LogP contribution in [-0.4, -0.2) is 98.8 Å². The van der Waals surface area contributed by atoms with Crippen LogP contribution in [0.2, 0.25) is 0 Å². The van der Waals surface area contributed by atoms with Gasteiger partial charge in [-0.3, -0.25) is 34.6 Å². The second kappa shape index (κ2) is 20.7. The molecule has 7 aromatic rings. The third-order valence-corrected chi connectivity index (χ3v) is 16.3. The number of imide groups is 1. The fourth-order valence-electron chi connectivity index (χ4n) is 11.6. The van der Waals surface area contributed by atoms with E-state index in [1.165, 1.54) is 35.6 Å². The van der Waals surface area contributed by atoms with E-state index in [-0.39, 0.29) is 47.0 Å². The number of halogens is 3. The molecule has 0 bridgehead atoms. The Balaban J connectivity index is 0.702. The molecule has 3 fully saturated rings. The molecule has 3 N–H and O–H groups in total. The lowest BCUT2D eigenvalue weighted by Crippen LogP contribution is -2.46. The van der Waals surface area contributed by atoms with E-state index in [2.05, 4.69) is 36.5 Å². The van der Waals surface area contributed by atoms with Gasteiger partial charge >= 0.3 is 12.1 Å². The van der Waals surface area contributed by atoms with Crippen LogP contribution in [0.25, 0.3) is 32.2 Å². The summed E-state index contributed by atoms with van der Waals surface area (Å²) >= 11 is 1.37. The number of thiazole rings is 1. The van der Waals surface area contributed by atoms with Crippen molar-refractivity contribution in [2.45, 2.75) is 82.5 Å². The van der Waals surface area contributed by atoms with Crippen LogP contribution in [0.4, 0.5) is 29.8 Å². The number of anilines is 3. The molecule has 4 aromatic carbocycles. The first-order chi connectivity index (χ1) is 36.2. The Bertz CT molecular complexity index is 3310. The Labute approximate surface area is 434 Å². The Morgan fingerprint density at radius 3 is 2.40 bits per heavy atom. The monoisotopic (exact) mass is 1040 g/mol. The first kappa shape index (κ1) is 49.8. The average molecular weight is 1040 g/mol. The van der Waals surface area contributed by atoms with Gasteiger partial charge in [-0.1, -0.05) is 59.9 Å². The zero-order chi connectivity index (χ0) is 52.0. The lowest BCUT2D eigenvalue weighted by molar-refractivity contribution is -0.139. The Hall–Kier alpha value is -7.38. The van der Waals surface area contributed by atoms with Gasteiger partial charge in [0.25, 0.3) is 5.91 Å². The van der Waals surface area contributed by atoms with Crippen molar-refractivity contribution >= 4 is 72.8 Å². The summed E-state index contributed by atoms with van der Waals surface area (Å²) in [5.41, 5.74) is 3.63. The van der Waals surface area contributed by atoms with Crippen LogP contribution in [-0.2, 0) is 35.8 Å².